The smallest absolute Gasteiger partial charge is 0.123 e. The van der Waals surface area contributed by atoms with E-state index in [1.807, 2.05) is 6.07 Å². The van der Waals surface area contributed by atoms with E-state index in [0.717, 1.165) is 23.1 Å². The van der Waals surface area contributed by atoms with Crippen molar-refractivity contribution in [3.8, 4) is 0 Å². The molecule has 1 aromatic heterocycles. The van der Waals surface area contributed by atoms with E-state index < -0.39 is 0 Å². The number of hydrogen-bond donors (Lipinski definition) is 1. The monoisotopic (exact) mass is 277 g/mol. The highest BCUT2D eigenvalue weighted by atomic mass is 32.1. The number of nitrogens with one attached hydrogen (secondary N) is 1. The number of rotatable bonds is 5. The summed E-state index contributed by atoms with van der Waals surface area (Å²) >= 11 is 1.73. The van der Waals surface area contributed by atoms with Crippen LogP contribution in [-0.4, -0.2) is 6.54 Å². The minimum Gasteiger partial charge on any atom is -0.306 e. The van der Waals surface area contributed by atoms with Gasteiger partial charge in [-0.25, -0.2) is 4.39 Å². The molecule has 0 bridgehead atoms. The zero-order chi connectivity index (χ0) is 13.8. The van der Waals surface area contributed by atoms with E-state index >= 15 is 0 Å². The number of benzene rings is 1. The first kappa shape index (κ1) is 14.2. The first-order valence-electron chi connectivity index (χ1n) is 6.67. The molecule has 2 aromatic rings. The Labute approximate surface area is 118 Å². The maximum Gasteiger partial charge on any atom is 0.123 e. The van der Waals surface area contributed by atoms with E-state index in [9.17, 15) is 4.39 Å². The van der Waals surface area contributed by atoms with Gasteiger partial charge in [0.25, 0.3) is 0 Å². The van der Waals surface area contributed by atoms with Gasteiger partial charge in [0.1, 0.15) is 5.82 Å². The summed E-state index contributed by atoms with van der Waals surface area (Å²) in [6, 6.07) is 7.31. The topological polar surface area (TPSA) is 12.0 Å². The van der Waals surface area contributed by atoms with Crippen LogP contribution in [-0.2, 0) is 0 Å². The number of fused-ring (bicyclic) bond motifs is 1. The molecule has 3 heteroatoms. The molecule has 1 nitrogen and oxygen atoms in total. The van der Waals surface area contributed by atoms with Crippen LogP contribution in [0.2, 0.25) is 0 Å². The van der Waals surface area contributed by atoms with Crippen LogP contribution in [0.4, 0.5) is 4.39 Å². The molecular formula is C16H20FNS. The van der Waals surface area contributed by atoms with Crippen molar-refractivity contribution in [3.05, 3.63) is 46.6 Å². The van der Waals surface area contributed by atoms with E-state index in [4.69, 9.17) is 0 Å². The summed E-state index contributed by atoms with van der Waals surface area (Å²) in [6.45, 7) is 7.35. The molecular weight excluding hydrogens is 257 g/mol. The summed E-state index contributed by atoms with van der Waals surface area (Å²) in [5.41, 5.74) is 1.29. The fourth-order valence-corrected chi connectivity index (χ4v) is 3.15. The van der Waals surface area contributed by atoms with E-state index in [1.54, 1.807) is 17.4 Å². The third kappa shape index (κ3) is 3.64. The molecule has 1 unspecified atom stereocenters. The second-order valence-corrected chi connectivity index (χ2v) is 6.12. The summed E-state index contributed by atoms with van der Waals surface area (Å²) < 4.78 is 14.4. The van der Waals surface area contributed by atoms with Gasteiger partial charge in [0, 0.05) is 9.58 Å². The van der Waals surface area contributed by atoms with Crippen molar-refractivity contribution < 1.29 is 4.39 Å². The molecule has 0 aliphatic rings. The fraction of sp³-hybridized carbons (Fsp3) is 0.375. The molecule has 0 amide bonds. The van der Waals surface area contributed by atoms with Crippen LogP contribution in [0.1, 0.15) is 38.1 Å². The first-order chi connectivity index (χ1) is 9.10. The molecule has 0 saturated heterocycles. The molecule has 0 fully saturated rings. The van der Waals surface area contributed by atoms with E-state index in [2.05, 4.69) is 38.2 Å². The van der Waals surface area contributed by atoms with Crippen molar-refractivity contribution >= 4 is 21.4 Å². The number of halogens is 1. The van der Waals surface area contributed by atoms with Gasteiger partial charge in [0.2, 0.25) is 0 Å². The zero-order valence-electron chi connectivity index (χ0n) is 11.7. The van der Waals surface area contributed by atoms with Gasteiger partial charge in [-0.2, -0.15) is 0 Å². The van der Waals surface area contributed by atoms with Crippen molar-refractivity contribution in [2.24, 2.45) is 0 Å². The van der Waals surface area contributed by atoms with Gasteiger partial charge in [-0.05, 0) is 56.5 Å². The van der Waals surface area contributed by atoms with Gasteiger partial charge in [0.05, 0.1) is 6.04 Å². The standard InChI is InChI=1S/C16H20FNS/c1-4-7-18-14(8-11(2)3)16-10-12-9-13(17)5-6-15(12)19-16/h5-6,8-10,14,18H,4,7H2,1-3H3. The SMILES string of the molecule is CCCNC(C=C(C)C)c1cc2cc(F)ccc2s1. The Morgan fingerprint density at radius 1 is 1.37 bits per heavy atom. The van der Waals surface area contributed by atoms with Gasteiger partial charge in [-0.3, -0.25) is 0 Å². The Kier molecular flexibility index (Phi) is 4.72. The molecule has 0 aliphatic carbocycles. The highest BCUT2D eigenvalue weighted by Gasteiger charge is 2.11. The summed E-state index contributed by atoms with van der Waals surface area (Å²) in [5.74, 6) is -0.169. The van der Waals surface area contributed by atoms with Gasteiger partial charge >= 0.3 is 0 Å². The van der Waals surface area contributed by atoms with Crippen LogP contribution in [0, 0.1) is 5.82 Å². The third-order valence-corrected chi connectivity index (χ3v) is 4.12. The molecule has 0 spiro atoms. The second-order valence-electron chi connectivity index (χ2n) is 5.01. The molecule has 102 valence electrons. The maximum atomic E-state index is 13.2. The first-order valence-corrected chi connectivity index (χ1v) is 7.49. The predicted molar refractivity (Wildman–Crippen MR) is 82.2 cm³/mol. The lowest BCUT2D eigenvalue weighted by Crippen LogP contribution is -2.19. The Morgan fingerprint density at radius 2 is 2.16 bits per heavy atom. The van der Waals surface area contributed by atoms with Crippen LogP contribution in [0.15, 0.2) is 35.9 Å². The highest BCUT2D eigenvalue weighted by Crippen LogP contribution is 2.31. The van der Waals surface area contributed by atoms with Crippen LogP contribution < -0.4 is 5.32 Å². The van der Waals surface area contributed by atoms with Crippen LogP contribution in [0.5, 0.6) is 0 Å². The van der Waals surface area contributed by atoms with Crippen LogP contribution in [0.25, 0.3) is 10.1 Å². The predicted octanol–water partition coefficient (Wildman–Crippen LogP) is 5.05. The molecule has 1 heterocycles. The molecule has 1 N–H and O–H groups in total. The molecule has 0 aliphatic heterocycles. The largest absolute Gasteiger partial charge is 0.306 e. The van der Waals surface area contributed by atoms with Crippen LogP contribution in [0.3, 0.4) is 0 Å². The van der Waals surface area contributed by atoms with Crippen molar-refractivity contribution in [3.63, 3.8) is 0 Å². The Bertz CT molecular complexity index is 581. The lowest BCUT2D eigenvalue weighted by atomic mass is 10.1. The van der Waals surface area contributed by atoms with Crippen molar-refractivity contribution in [1.29, 1.82) is 0 Å². The second kappa shape index (κ2) is 6.31. The molecule has 0 radical (unpaired) electrons. The molecule has 1 atom stereocenters. The molecule has 1 aromatic carbocycles. The van der Waals surface area contributed by atoms with Crippen LogP contribution >= 0.6 is 11.3 Å². The number of hydrogen-bond acceptors (Lipinski definition) is 2. The Balaban J connectivity index is 2.35. The minimum atomic E-state index is -0.169. The molecule has 0 saturated carbocycles. The lowest BCUT2D eigenvalue weighted by Gasteiger charge is -2.13. The van der Waals surface area contributed by atoms with Gasteiger partial charge in [0.15, 0.2) is 0 Å². The Morgan fingerprint density at radius 3 is 2.84 bits per heavy atom. The van der Waals surface area contributed by atoms with Crippen molar-refractivity contribution in [2.75, 3.05) is 6.54 Å². The fourth-order valence-electron chi connectivity index (χ4n) is 2.06. The van der Waals surface area contributed by atoms with Crippen molar-refractivity contribution in [1.82, 2.24) is 5.32 Å². The highest BCUT2D eigenvalue weighted by molar-refractivity contribution is 7.19. The number of allylic oxidation sites excluding steroid dienone is 1. The van der Waals surface area contributed by atoms with E-state index in [0.29, 0.717) is 0 Å². The summed E-state index contributed by atoms with van der Waals surface area (Å²) in [7, 11) is 0. The average Bonchev–Trinajstić information content (AvgIpc) is 2.76. The molecule has 2 rings (SSSR count). The zero-order valence-corrected chi connectivity index (χ0v) is 12.5. The third-order valence-electron chi connectivity index (χ3n) is 2.92. The van der Waals surface area contributed by atoms with Gasteiger partial charge < -0.3 is 5.32 Å². The minimum absolute atomic E-state index is 0.169. The average molecular weight is 277 g/mol. The van der Waals surface area contributed by atoms with E-state index in [1.165, 1.54) is 16.5 Å². The summed E-state index contributed by atoms with van der Waals surface area (Å²) in [5, 5.41) is 4.52. The summed E-state index contributed by atoms with van der Waals surface area (Å²) in [6.07, 6.45) is 3.34. The van der Waals surface area contributed by atoms with Crippen molar-refractivity contribution in [2.45, 2.75) is 33.2 Å². The quantitative estimate of drug-likeness (QED) is 0.754. The number of thiophene rings is 1. The van der Waals surface area contributed by atoms with Gasteiger partial charge in [-0.15, -0.1) is 11.3 Å². The maximum absolute atomic E-state index is 13.2. The van der Waals surface area contributed by atoms with E-state index in [-0.39, 0.29) is 11.9 Å². The Hall–Kier alpha value is -1.19. The molecule has 19 heavy (non-hydrogen) atoms. The lowest BCUT2D eigenvalue weighted by molar-refractivity contribution is 0.617. The van der Waals surface area contributed by atoms with Gasteiger partial charge in [-0.1, -0.05) is 18.6 Å². The summed E-state index contributed by atoms with van der Waals surface area (Å²) in [4.78, 5) is 1.25. The normalized spacial score (nSPS) is 12.6.